The summed E-state index contributed by atoms with van der Waals surface area (Å²) in [4.78, 5) is 16.7. The van der Waals surface area contributed by atoms with E-state index in [2.05, 4.69) is 22.9 Å². The zero-order valence-corrected chi connectivity index (χ0v) is 12.6. The van der Waals surface area contributed by atoms with E-state index < -0.39 is 0 Å². The first kappa shape index (κ1) is 15.5. The summed E-state index contributed by atoms with van der Waals surface area (Å²) in [6, 6.07) is 9.34. The topological polar surface area (TPSA) is 56.6 Å². The largest absolute Gasteiger partial charge is 0.469 e. The Labute approximate surface area is 125 Å². The third-order valence-electron chi connectivity index (χ3n) is 3.94. The lowest BCUT2D eigenvalue weighted by Crippen LogP contribution is -2.46. The van der Waals surface area contributed by atoms with Crippen LogP contribution in [0.4, 0.5) is 0 Å². The highest BCUT2D eigenvalue weighted by atomic mass is 16.5. The van der Waals surface area contributed by atoms with Gasteiger partial charge in [-0.15, -0.1) is 0 Å². The number of carbonyl (C=O) groups excluding carboxylic acids is 1. The molecule has 1 saturated heterocycles. The molecule has 0 N–H and O–H groups in total. The van der Waals surface area contributed by atoms with E-state index in [0.717, 1.165) is 31.7 Å². The highest BCUT2D eigenvalue weighted by Gasteiger charge is 2.26. The monoisotopic (exact) mass is 287 g/mol. The van der Waals surface area contributed by atoms with Crippen LogP contribution in [-0.2, 0) is 9.53 Å². The van der Waals surface area contributed by atoms with Crippen LogP contribution in [0.15, 0.2) is 24.3 Å². The minimum Gasteiger partial charge on any atom is -0.469 e. The van der Waals surface area contributed by atoms with Gasteiger partial charge < -0.3 is 9.64 Å². The summed E-state index contributed by atoms with van der Waals surface area (Å²) in [5.74, 6) is -0.587. The van der Waals surface area contributed by atoms with Crippen molar-refractivity contribution < 1.29 is 9.53 Å². The number of esters is 1. The van der Waals surface area contributed by atoms with Crippen molar-refractivity contribution in [2.75, 3.05) is 46.9 Å². The molecule has 0 saturated carbocycles. The summed E-state index contributed by atoms with van der Waals surface area (Å²) in [7, 11) is 3.51. The van der Waals surface area contributed by atoms with Crippen molar-refractivity contribution in [3.63, 3.8) is 0 Å². The molecule has 5 heteroatoms. The van der Waals surface area contributed by atoms with E-state index in [1.807, 2.05) is 12.1 Å². The molecule has 0 bridgehead atoms. The fourth-order valence-electron chi connectivity index (χ4n) is 2.57. The van der Waals surface area contributed by atoms with Crippen molar-refractivity contribution in [3.05, 3.63) is 35.4 Å². The molecule has 1 aliphatic heterocycles. The molecule has 0 aliphatic carbocycles. The van der Waals surface area contributed by atoms with Gasteiger partial charge in [0.2, 0.25) is 0 Å². The number of benzene rings is 1. The van der Waals surface area contributed by atoms with Crippen molar-refractivity contribution in [2.24, 2.45) is 0 Å². The van der Waals surface area contributed by atoms with Gasteiger partial charge in [0.05, 0.1) is 24.7 Å². The maximum Gasteiger partial charge on any atom is 0.314 e. The summed E-state index contributed by atoms with van der Waals surface area (Å²) in [6.45, 7) is 4.54. The second kappa shape index (κ2) is 7.21. The Morgan fingerprint density at radius 3 is 2.71 bits per heavy atom. The van der Waals surface area contributed by atoms with Gasteiger partial charge >= 0.3 is 5.97 Å². The standard InChI is InChI=1S/C16H21N3O2/c1-18-6-8-19(9-7-18)12-15(16(20)21-2)14-5-3-4-13(10-14)11-17/h3-5,10,15H,6-9,12H2,1-2H3. The molecule has 2 rings (SSSR count). The maximum atomic E-state index is 12.1. The van der Waals surface area contributed by atoms with Gasteiger partial charge in [-0.1, -0.05) is 12.1 Å². The van der Waals surface area contributed by atoms with Crippen LogP contribution in [0.2, 0.25) is 0 Å². The molecule has 1 aromatic carbocycles. The highest BCUT2D eigenvalue weighted by Crippen LogP contribution is 2.21. The van der Waals surface area contributed by atoms with Crippen LogP contribution in [0, 0.1) is 11.3 Å². The highest BCUT2D eigenvalue weighted by molar-refractivity contribution is 5.78. The molecule has 0 aromatic heterocycles. The Morgan fingerprint density at radius 1 is 1.38 bits per heavy atom. The molecule has 1 aromatic rings. The Morgan fingerprint density at radius 2 is 2.10 bits per heavy atom. The smallest absolute Gasteiger partial charge is 0.314 e. The first-order valence-electron chi connectivity index (χ1n) is 7.13. The van der Waals surface area contributed by atoms with Crippen LogP contribution in [-0.4, -0.2) is 62.7 Å². The average Bonchev–Trinajstić information content (AvgIpc) is 2.53. The number of ether oxygens (including phenoxy) is 1. The lowest BCUT2D eigenvalue weighted by atomic mass is 9.96. The zero-order chi connectivity index (χ0) is 15.2. The van der Waals surface area contributed by atoms with Crippen LogP contribution in [0.1, 0.15) is 17.0 Å². The Bertz CT molecular complexity index is 531. The van der Waals surface area contributed by atoms with Gasteiger partial charge in [-0.2, -0.15) is 5.26 Å². The van der Waals surface area contributed by atoms with Crippen LogP contribution in [0.3, 0.4) is 0 Å². The molecule has 1 unspecified atom stereocenters. The van der Waals surface area contributed by atoms with E-state index in [0.29, 0.717) is 12.1 Å². The van der Waals surface area contributed by atoms with Crippen molar-refractivity contribution >= 4 is 5.97 Å². The average molecular weight is 287 g/mol. The summed E-state index contributed by atoms with van der Waals surface area (Å²) in [5, 5.41) is 9.01. The van der Waals surface area contributed by atoms with Gasteiger partial charge in [0.15, 0.2) is 0 Å². The number of hydrogen-bond donors (Lipinski definition) is 0. The molecule has 1 atom stereocenters. The zero-order valence-electron chi connectivity index (χ0n) is 12.6. The summed E-state index contributed by atoms with van der Waals surface area (Å²) < 4.78 is 4.94. The van der Waals surface area contributed by atoms with Crippen LogP contribution in [0.5, 0.6) is 0 Å². The van der Waals surface area contributed by atoms with E-state index in [4.69, 9.17) is 10.00 Å². The summed E-state index contributed by atoms with van der Waals surface area (Å²) in [5.41, 5.74) is 1.42. The van der Waals surface area contributed by atoms with Gasteiger partial charge in [0, 0.05) is 32.7 Å². The normalized spacial score (nSPS) is 18.0. The number of nitrogens with zero attached hydrogens (tertiary/aromatic N) is 3. The van der Waals surface area contributed by atoms with Crippen LogP contribution < -0.4 is 0 Å². The van der Waals surface area contributed by atoms with E-state index in [1.165, 1.54) is 7.11 Å². The fraction of sp³-hybridized carbons (Fsp3) is 0.500. The number of nitriles is 1. The molecule has 21 heavy (non-hydrogen) atoms. The van der Waals surface area contributed by atoms with Crippen LogP contribution in [0.25, 0.3) is 0 Å². The molecule has 1 fully saturated rings. The number of hydrogen-bond acceptors (Lipinski definition) is 5. The minimum absolute atomic E-state index is 0.246. The van der Waals surface area contributed by atoms with Gasteiger partial charge in [-0.25, -0.2) is 0 Å². The Balaban J connectivity index is 2.14. The minimum atomic E-state index is -0.341. The Kier molecular flexibility index (Phi) is 5.32. The van der Waals surface area contributed by atoms with Crippen LogP contribution >= 0.6 is 0 Å². The second-order valence-electron chi connectivity index (χ2n) is 5.42. The van der Waals surface area contributed by atoms with Crippen molar-refractivity contribution in [1.82, 2.24) is 9.80 Å². The molecule has 1 heterocycles. The van der Waals surface area contributed by atoms with Gasteiger partial charge in [-0.05, 0) is 24.7 Å². The number of methoxy groups -OCH3 is 1. The first-order chi connectivity index (χ1) is 10.1. The van der Waals surface area contributed by atoms with Gasteiger partial charge in [0.25, 0.3) is 0 Å². The first-order valence-corrected chi connectivity index (χ1v) is 7.13. The maximum absolute atomic E-state index is 12.1. The van der Waals surface area contributed by atoms with Crippen molar-refractivity contribution in [1.29, 1.82) is 5.26 Å². The number of likely N-dealkylation sites (N-methyl/N-ethyl adjacent to an activating group) is 1. The van der Waals surface area contributed by atoms with E-state index in [-0.39, 0.29) is 11.9 Å². The van der Waals surface area contributed by atoms with Gasteiger partial charge in [-0.3, -0.25) is 9.69 Å². The lowest BCUT2D eigenvalue weighted by molar-refractivity contribution is -0.143. The van der Waals surface area contributed by atoms with Gasteiger partial charge in [0.1, 0.15) is 0 Å². The molecule has 0 amide bonds. The number of carbonyl (C=O) groups is 1. The number of piperazine rings is 1. The summed E-state index contributed by atoms with van der Waals surface area (Å²) >= 11 is 0. The summed E-state index contributed by atoms with van der Waals surface area (Å²) in [6.07, 6.45) is 0. The molecular formula is C16H21N3O2. The predicted molar refractivity (Wildman–Crippen MR) is 79.9 cm³/mol. The SMILES string of the molecule is COC(=O)C(CN1CCN(C)CC1)c1cccc(C#N)c1. The predicted octanol–water partition coefficient (Wildman–Crippen LogP) is 1.06. The second-order valence-corrected chi connectivity index (χ2v) is 5.42. The molecule has 1 aliphatic rings. The number of rotatable bonds is 4. The molecule has 0 spiro atoms. The van der Waals surface area contributed by atoms with E-state index in [1.54, 1.807) is 12.1 Å². The lowest BCUT2D eigenvalue weighted by Gasteiger charge is -2.34. The molecule has 0 radical (unpaired) electrons. The van der Waals surface area contributed by atoms with E-state index in [9.17, 15) is 4.79 Å². The quantitative estimate of drug-likeness (QED) is 0.775. The van der Waals surface area contributed by atoms with Crippen molar-refractivity contribution in [3.8, 4) is 6.07 Å². The molecule has 112 valence electrons. The Hall–Kier alpha value is -1.90. The van der Waals surface area contributed by atoms with Crippen molar-refractivity contribution in [2.45, 2.75) is 5.92 Å². The van der Waals surface area contributed by atoms with E-state index >= 15 is 0 Å². The third-order valence-corrected chi connectivity index (χ3v) is 3.94. The fourth-order valence-corrected chi connectivity index (χ4v) is 2.57. The molecule has 5 nitrogen and oxygen atoms in total. The third kappa shape index (κ3) is 4.03. The molecular weight excluding hydrogens is 266 g/mol.